The maximum Gasteiger partial charge on any atom is 0.370 e. The van der Waals surface area contributed by atoms with Gasteiger partial charge in [-0.1, -0.05) is 11.2 Å². The van der Waals surface area contributed by atoms with Crippen molar-refractivity contribution in [1.82, 2.24) is 10.6 Å². The first-order valence-corrected chi connectivity index (χ1v) is 9.14. The van der Waals surface area contributed by atoms with E-state index in [2.05, 4.69) is 20.7 Å². The highest BCUT2D eigenvalue weighted by atomic mass is 16.5. The van der Waals surface area contributed by atoms with E-state index in [0.29, 0.717) is 0 Å². The van der Waals surface area contributed by atoms with Gasteiger partial charge in [-0.2, -0.15) is 0 Å². The highest BCUT2D eigenvalue weighted by Crippen LogP contribution is 2.25. The van der Waals surface area contributed by atoms with Crippen LogP contribution in [0.5, 0.6) is 5.75 Å². The van der Waals surface area contributed by atoms with E-state index in [0.717, 1.165) is 19.1 Å². The van der Waals surface area contributed by atoms with Crippen LogP contribution in [0.3, 0.4) is 0 Å². The molecular formula is C18H21N5O9. The third kappa shape index (κ3) is 5.86. The van der Waals surface area contributed by atoms with Crippen LogP contribution in [0.25, 0.3) is 10.4 Å². The van der Waals surface area contributed by atoms with Crippen LogP contribution in [-0.4, -0.2) is 80.3 Å². The Balaban J connectivity index is 2.11. The number of aliphatic hydroxyl groups is 3. The van der Waals surface area contributed by atoms with Gasteiger partial charge in [0, 0.05) is 24.1 Å². The van der Waals surface area contributed by atoms with Gasteiger partial charge in [-0.3, -0.25) is 9.59 Å². The summed E-state index contributed by atoms with van der Waals surface area (Å²) in [7, 11) is 0. The Morgan fingerprint density at radius 2 is 2.00 bits per heavy atom. The molecule has 0 radical (unpaired) electrons. The molecule has 0 saturated heterocycles. The van der Waals surface area contributed by atoms with Crippen molar-refractivity contribution in [1.29, 1.82) is 0 Å². The molecule has 172 valence electrons. The van der Waals surface area contributed by atoms with E-state index in [4.69, 9.17) is 15.4 Å². The first-order valence-electron chi connectivity index (χ1n) is 9.14. The average molecular weight is 451 g/mol. The molecule has 2 rings (SSSR count). The van der Waals surface area contributed by atoms with Gasteiger partial charge >= 0.3 is 5.97 Å². The topological polar surface area (TPSA) is 234 Å². The Labute approximate surface area is 180 Å². The van der Waals surface area contributed by atoms with Crippen LogP contribution in [-0.2, 0) is 14.3 Å². The number of nitrogens with one attached hydrogen (secondary N) is 2. The minimum atomic E-state index is -1.84. The zero-order chi connectivity index (χ0) is 24.0. The van der Waals surface area contributed by atoms with Crippen molar-refractivity contribution in [3.8, 4) is 5.75 Å². The maximum atomic E-state index is 12.3. The molecule has 0 aromatic heterocycles. The van der Waals surface area contributed by atoms with Crippen LogP contribution in [0.4, 0.5) is 5.69 Å². The number of aliphatic hydroxyl groups excluding tert-OH is 3. The van der Waals surface area contributed by atoms with Gasteiger partial charge in [0.1, 0.15) is 24.1 Å². The van der Waals surface area contributed by atoms with Gasteiger partial charge in [-0.25, -0.2) is 4.79 Å². The van der Waals surface area contributed by atoms with Crippen molar-refractivity contribution in [2.45, 2.75) is 37.4 Å². The molecule has 1 aliphatic rings. The molecule has 5 atom stereocenters. The molecule has 0 spiro atoms. The zero-order valence-corrected chi connectivity index (χ0v) is 16.6. The highest BCUT2D eigenvalue weighted by molar-refractivity contribution is 5.97. The number of azide groups is 1. The summed E-state index contributed by atoms with van der Waals surface area (Å²) in [6, 6.07) is 2.21. The summed E-state index contributed by atoms with van der Waals surface area (Å²) in [5.41, 5.74) is 8.24. The van der Waals surface area contributed by atoms with Gasteiger partial charge in [-0.05, 0) is 23.7 Å². The number of phenolic OH excluding ortho intramolecular Hbond substituents is 1. The number of benzene rings is 1. The molecule has 0 unspecified atom stereocenters. The van der Waals surface area contributed by atoms with Crippen LogP contribution in [0.15, 0.2) is 35.1 Å². The van der Waals surface area contributed by atoms with Gasteiger partial charge in [-0.15, -0.1) is 0 Å². The molecule has 0 bridgehead atoms. The SMILES string of the molecule is CC(=O)N[C@H]1[C@H]([C@H](O)[C@H](O)CNC(=O)c2ccc(N=[N+]=[N-])cc2O)OC(C(=O)O)=C[C@@H]1O. The van der Waals surface area contributed by atoms with E-state index in [1.165, 1.54) is 12.1 Å². The first-order chi connectivity index (χ1) is 15.0. The lowest BCUT2D eigenvalue weighted by molar-refractivity contribution is -0.147. The lowest BCUT2D eigenvalue weighted by atomic mass is 9.93. The summed E-state index contributed by atoms with van der Waals surface area (Å²) < 4.78 is 5.15. The van der Waals surface area contributed by atoms with Crippen LogP contribution in [0.2, 0.25) is 0 Å². The minimum absolute atomic E-state index is 0.0660. The number of carbonyl (C=O) groups is 3. The molecule has 2 amide bonds. The molecule has 0 aliphatic carbocycles. The number of aliphatic carboxylic acids is 1. The number of ether oxygens (including phenoxy) is 1. The number of hydrogen-bond donors (Lipinski definition) is 7. The standard InChI is InChI=1S/C18H21N5O9/c1-7(24)21-14-11(26)5-13(18(30)31)32-16(14)15(28)12(27)6-20-17(29)9-3-2-8(22-23-19)4-10(9)25/h2-5,11-12,14-16,25-28H,6H2,1H3,(H,20,29)(H,21,24)(H,30,31)/t11-,12+,14+,15+,16+/m0/s1. The monoisotopic (exact) mass is 451 g/mol. The van der Waals surface area contributed by atoms with Crippen LogP contribution < -0.4 is 10.6 Å². The lowest BCUT2D eigenvalue weighted by Crippen LogP contribution is -2.60. The first kappa shape index (κ1) is 24.4. The minimum Gasteiger partial charge on any atom is -0.507 e. The van der Waals surface area contributed by atoms with Crippen molar-refractivity contribution < 1.29 is 44.7 Å². The number of carbonyl (C=O) groups excluding carboxylic acids is 2. The second-order valence-electron chi connectivity index (χ2n) is 6.79. The number of rotatable bonds is 8. The molecule has 1 aromatic carbocycles. The summed E-state index contributed by atoms with van der Waals surface area (Å²) in [5.74, 6) is -4.17. The van der Waals surface area contributed by atoms with Gasteiger partial charge in [0.2, 0.25) is 11.7 Å². The molecule has 7 N–H and O–H groups in total. The Morgan fingerprint density at radius 1 is 1.31 bits per heavy atom. The number of carboxylic acid groups (broad SMARTS) is 1. The van der Waals surface area contributed by atoms with Crippen molar-refractivity contribution in [3.05, 3.63) is 46.0 Å². The van der Waals surface area contributed by atoms with Crippen molar-refractivity contribution >= 4 is 23.5 Å². The Hall–Kier alpha value is -3.84. The third-order valence-corrected chi connectivity index (χ3v) is 4.48. The highest BCUT2D eigenvalue weighted by Gasteiger charge is 2.43. The Kier molecular flexibility index (Phi) is 7.98. The largest absolute Gasteiger partial charge is 0.507 e. The summed E-state index contributed by atoms with van der Waals surface area (Å²) in [6.07, 6.45) is -5.82. The van der Waals surface area contributed by atoms with Crippen molar-refractivity contribution in [2.75, 3.05) is 6.54 Å². The molecule has 0 fully saturated rings. The predicted octanol–water partition coefficient (Wildman–Crippen LogP) is -0.981. The lowest BCUT2D eigenvalue weighted by Gasteiger charge is -2.38. The number of nitrogens with zero attached hydrogens (tertiary/aromatic N) is 3. The second-order valence-corrected chi connectivity index (χ2v) is 6.79. The number of hydrogen-bond acceptors (Lipinski definition) is 9. The number of carboxylic acids is 1. The maximum absolute atomic E-state index is 12.3. The number of aromatic hydroxyl groups is 1. The fourth-order valence-corrected chi connectivity index (χ4v) is 2.98. The van der Waals surface area contributed by atoms with Crippen LogP contribution in [0, 0.1) is 0 Å². The summed E-state index contributed by atoms with van der Waals surface area (Å²) in [6.45, 7) is 0.565. The Morgan fingerprint density at radius 3 is 2.56 bits per heavy atom. The smallest absolute Gasteiger partial charge is 0.370 e. The van der Waals surface area contributed by atoms with Gasteiger partial charge in [0.05, 0.1) is 11.6 Å². The van der Waals surface area contributed by atoms with Crippen LogP contribution in [0.1, 0.15) is 17.3 Å². The van der Waals surface area contributed by atoms with E-state index in [1.54, 1.807) is 0 Å². The van der Waals surface area contributed by atoms with E-state index >= 15 is 0 Å². The summed E-state index contributed by atoms with van der Waals surface area (Å²) in [5, 5.41) is 57.7. The fourth-order valence-electron chi connectivity index (χ4n) is 2.98. The van der Waals surface area contributed by atoms with Gasteiger partial charge in [0.25, 0.3) is 5.91 Å². The van der Waals surface area contributed by atoms with Gasteiger partial charge < -0.3 is 40.9 Å². The van der Waals surface area contributed by atoms with E-state index < -0.39 is 66.3 Å². The predicted molar refractivity (Wildman–Crippen MR) is 105 cm³/mol. The fraction of sp³-hybridized carbons (Fsp3) is 0.389. The molecular weight excluding hydrogens is 430 g/mol. The molecule has 1 aliphatic heterocycles. The van der Waals surface area contributed by atoms with Gasteiger partial charge in [0.15, 0.2) is 6.10 Å². The Bertz CT molecular complexity index is 976. The molecule has 32 heavy (non-hydrogen) atoms. The third-order valence-electron chi connectivity index (χ3n) is 4.48. The summed E-state index contributed by atoms with van der Waals surface area (Å²) in [4.78, 5) is 37.4. The number of phenols is 1. The molecule has 1 heterocycles. The van der Waals surface area contributed by atoms with Crippen molar-refractivity contribution in [2.24, 2.45) is 5.11 Å². The van der Waals surface area contributed by atoms with Crippen LogP contribution >= 0.6 is 0 Å². The number of amides is 2. The van der Waals surface area contributed by atoms with E-state index in [-0.39, 0.29) is 11.3 Å². The van der Waals surface area contributed by atoms with E-state index in [9.17, 15) is 34.8 Å². The average Bonchev–Trinajstić information content (AvgIpc) is 2.72. The zero-order valence-electron chi connectivity index (χ0n) is 16.6. The molecule has 0 saturated carbocycles. The molecule has 1 aromatic rings. The molecule has 14 nitrogen and oxygen atoms in total. The normalized spacial score (nSPS) is 21.8. The quantitative estimate of drug-likeness (QED) is 0.146. The molecule has 14 heteroatoms. The second kappa shape index (κ2) is 10.5. The van der Waals surface area contributed by atoms with Crippen molar-refractivity contribution in [3.63, 3.8) is 0 Å². The summed E-state index contributed by atoms with van der Waals surface area (Å²) >= 11 is 0. The van der Waals surface area contributed by atoms with E-state index in [1.807, 2.05) is 0 Å².